The molecule has 3 aromatic rings. The Bertz CT molecular complexity index is 1270. The fraction of sp³-hybridized carbons (Fsp3) is 0.304. The fourth-order valence-electron chi connectivity index (χ4n) is 3.27. The van der Waals surface area contributed by atoms with Crippen LogP contribution in [0.1, 0.15) is 37.0 Å². The van der Waals surface area contributed by atoms with E-state index in [1.165, 1.54) is 39.9 Å². The second-order valence-electron chi connectivity index (χ2n) is 6.99. The molecule has 1 amide bonds. The van der Waals surface area contributed by atoms with Crippen molar-refractivity contribution < 1.29 is 13.2 Å². The Hall–Kier alpha value is -2.73. The van der Waals surface area contributed by atoms with Gasteiger partial charge in [0.15, 0.2) is 4.80 Å². The molecule has 8 heteroatoms. The van der Waals surface area contributed by atoms with Crippen molar-refractivity contribution >= 4 is 37.5 Å². The Morgan fingerprint density at radius 3 is 2.35 bits per heavy atom. The van der Waals surface area contributed by atoms with Crippen molar-refractivity contribution in [1.82, 2.24) is 8.87 Å². The van der Waals surface area contributed by atoms with Gasteiger partial charge in [-0.05, 0) is 49.2 Å². The molecular weight excluding hydrogens is 430 g/mol. The molecule has 6 nitrogen and oxygen atoms in total. The molecular formula is C23H25N3O3S2. The van der Waals surface area contributed by atoms with Gasteiger partial charge in [0.05, 0.1) is 21.7 Å². The molecule has 0 aliphatic rings. The number of aromatic nitrogens is 1. The molecule has 0 bridgehead atoms. The number of sulfonamides is 1. The number of carbonyl (C=O) groups is 1. The minimum atomic E-state index is -3.59. The molecule has 1 aromatic heterocycles. The highest BCUT2D eigenvalue weighted by Gasteiger charge is 2.23. The van der Waals surface area contributed by atoms with Gasteiger partial charge in [0.25, 0.3) is 5.91 Å². The standard InChI is InChI=1S/C23H25N3O3S2/c1-4-15-25(16-5-2)31(28,29)19-13-11-18(12-14-19)22(27)24-23-26(17-6-3)20-9-7-8-10-21(20)30-23/h3,7-14H,4-5,15-17H2,1-2H3. The number of rotatable bonds is 8. The van der Waals surface area contributed by atoms with E-state index in [9.17, 15) is 13.2 Å². The van der Waals surface area contributed by atoms with Crippen LogP contribution >= 0.6 is 11.3 Å². The zero-order valence-corrected chi connectivity index (χ0v) is 19.2. The van der Waals surface area contributed by atoms with Crippen molar-refractivity contribution in [3.63, 3.8) is 0 Å². The highest BCUT2D eigenvalue weighted by molar-refractivity contribution is 7.89. The number of para-hydroxylation sites is 1. The predicted molar refractivity (Wildman–Crippen MR) is 124 cm³/mol. The van der Waals surface area contributed by atoms with Crippen LogP contribution in [0, 0.1) is 12.3 Å². The number of thiazole rings is 1. The first-order chi connectivity index (χ1) is 14.9. The summed E-state index contributed by atoms with van der Waals surface area (Å²) in [5.74, 6) is 2.15. The second-order valence-corrected chi connectivity index (χ2v) is 9.94. The summed E-state index contributed by atoms with van der Waals surface area (Å²) >= 11 is 1.39. The van der Waals surface area contributed by atoms with Crippen molar-refractivity contribution in [1.29, 1.82) is 0 Å². The Balaban J connectivity index is 1.93. The van der Waals surface area contributed by atoms with Crippen LogP contribution < -0.4 is 4.80 Å². The predicted octanol–water partition coefficient (Wildman–Crippen LogP) is 3.89. The number of benzene rings is 2. The zero-order valence-electron chi connectivity index (χ0n) is 17.6. The van der Waals surface area contributed by atoms with Crippen LogP contribution in [0.5, 0.6) is 0 Å². The van der Waals surface area contributed by atoms with Gasteiger partial charge in [0.1, 0.15) is 0 Å². The number of amides is 1. The topological polar surface area (TPSA) is 71.7 Å². The summed E-state index contributed by atoms with van der Waals surface area (Å²) in [5.41, 5.74) is 1.24. The summed E-state index contributed by atoms with van der Waals surface area (Å²) in [6.07, 6.45) is 6.97. The summed E-state index contributed by atoms with van der Waals surface area (Å²) in [4.78, 5) is 17.7. The maximum absolute atomic E-state index is 12.9. The summed E-state index contributed by atoms with van der Waals surface area (Å²) < 4.78 is 30.1. The molecule has 0 N–H and O–H groups in total. The van der Waals surface area contributed by atoms with Gasteiger partial charge in [-0.1, -0.05) is 43.2 Å². The molecule has 0 aliphatic heterocycles. The highest BCUT2D eigenvalue weighted by Crippen LogP contribution is 2.19. The Kier molecular flexibility index (Phi) is 7.44. The molecule has 3 rings (SSSR count). The molecule has 0 atom stereocenters. The van der Waals surface area contributed by atoms with E-state index in [0.29, 0.717) is 30.0 Å². The van der Waals surface area contributed by atoms with Gasteiger partial charge in [-0.15, -0.1) is 6.42 Å². The van der Waals surface area contributed by atoms with Gasteiger partial charge in [0.2, 0.25) is 10.0 Å². The number of terminal acetylenes is 1. The molecule has 0 radical (unpaired) electrons. The van der Waals surface area contributed by atoms with Gasteiger partial charge in [-0.25, -0.2) is 8.42 Å². The maximum atomic E-state index is 12.9. The summed E-state index contributed by atoms with van der Waals surface area (Å²) in [6, 6.07) is 13.7. The normalized spacial score (nSPS) is 12.4. The first-order valence-electron chi connectivity index (χ1n) is 10.1. The van der Waals surface area contributed by atoms with Crippen molar-refractivity contribution in [2.24, 2.45) is 4.99 Å². The van der Waals surface area contributed by atoms with Gasteiger partial charge >= 0.3 is 0 Å². The van der Waals surface area contributed by atoms with Crippen LogP contribution in [0.4, 0.5) is 0 Å². The smallest absolute Gasteiger partial charge is 0.279 e. The highest BCUT2D eigenvalue weighted by atomic mass is 32.2. The Morgan fingerprint density at radius 1 is 1.10 bits per heavy atom. The summed E-state index contributed by atoms with van der Waals surface area (Å²) in [5, 5.41) is 0. The number of nitrogens with zero attached hydrogens (tertiary/aromatic N) is 3. The van der Waals surface area contributed by atoms with Gasteiger partial charge < -0.3 is 4.57 Å². The average molecular weight is 456 g/mol. The molecule has 0 unspecified atom stereocenters. The lowest BCUT2D eigenvalue weighted by atomic mass is 10.2. The number of carbonyl (C=O) groups excluding carboxylic acids is 1. The molecule has 0 saturated carbocycles. The Labute approximate surface area is 186 Å². The van der Waals surface area contributed by atoms with Crippen molar-refractivity contribution in [3.8, 4) is 12.3 Å². The van der Waals surface area contributed by atoms with E-state index in [0.717, 1.165) is 23.1 Å². The first-order valence-corrected chi connectivity index (χ1v) is 12.4. The number of hydrogen-bond donors (Lipinski definition) is 0. The molecule has 0 spiro atoms. The largest absolute Gasteiger partial charge is 0.305 e. The van der Waals surface area contributed by atoms with Crippen molar-refractivity contribution in [2.75, 3.05) is 13.1 Å². The first kappa shape index (κ1) is 22.9. The third kappa shape index (κ3) is 4.96. The monoisotopic (exact) mass is 455 g/mol. The summed E-state index contributed by atoms with van der Waals surface area (Å²) in [7, 11) is -3.59. The van der Waals surface area contributed by atoms with Gasteiger partial charge in [0, 0.05) is 18.7 Å². The summed E-state index contributed by atoms with van der Waals surface area (Å²) in [6.45, 7) is 5.13. The third-order valence-electron chi connectivity index (χ3n) is 4.72. The van der Waals surface area contributed by atoms with Gasteiger partial charge in [-0.3, -0.25) is 4.79 Å². The maximum Gasteiger partial charge on any atom is 0.279 e. The second kappa shape index (κ2) is 10.1. The molecule has 0 saturated heterocycles. The van der Waals surface area contributed by atoms with E-state index in [-0.39, 0.29) is 4.90 Å². The lowest BCUT2D eigenvalue weighted by molar-refractivity contribution is 0.0998. The van der Waals surface area contributed by atoms with Crippen LogP contribution in [0.3, 0.4) is 0 Å². The van der Waals surface area contributed by atoms with Crippen LogP contribution in [-0.4, -0.2) is 36.3 Å². The van der Waals surface area contributed by atoms with E-state index in [4.69, 9.17) is 6.42 Å². The molecule has 2 aromatic carbocycles. The minimum absolute atomic E-state index is 0.176. The molecule has 0 fully saturated rings. The number of fused-ring (bicyclic) bond motifs is 1. The SMILES string of the molecule is C#CCn1c(=NC(=O)c2ccc(S(=O)(=O)N(CCC)CCC)cc2)sc2ccccc21. The molecule has 31 heavy (non-hydrogen) atoms. The lowest BCUT2D eigenvalue weighted by Gasteiger charge is -2.21. The van der Waals surface area contributed by atoms with Gasteiger partial charge in [-0.2, -0.15) is 9.30 Å². The Morgan fingerprint density at radius 2 is 1.74 bits per heavy atom. The van der Waals surface area contributed by atoms with Crippen LogP contribution in [0.25, 0.3) is 10.2 Å². The van der Waals surface area contributed by atoms with Crippen LogP contribution in [0.15, 0.2) is 58.4 Å². The van der Waals surface area contributed by atoms with E-state index in [1.807, 2.05) is 42.7 Å². The van der Waals surface area contributed by atoms with Crippen LogP contribution in [-0.2, 0) is 16.6 Å². The fourth-order valence-corrected chi connectivity index (χ4v) is 5.92. The third-order valence-corrected chi connectivity index (χ3v) is 7.69. The molecule has 1 heterocycles. The minimum Gasteiger partial charge on any atom is -0.305 e. The zero-order chi connectivity index (χ0) is 22.4. The lowest BCUT2D eigenvalue weighted by Crippen LogP contribution is -2.32. The average Bonchev–Trinajstić information content (AvgIpc) is 3.11. The molecule has 162 valence electrons. The van der Waals surface area contributed by atoms with Crippen molar-refractivity contribution in [2.45, 2.75) is 38.1 Å². The van der Waals surface area contributed by atoms with E-state index in [2.05, 4.69) is 10.9 Å². The molecule has 0 aliphatic carbocycles. The quantitative estimate of drug-likeness (QED) is 0.484. The van der Waals surface area contributed by atoms with E-state index >= 15 is 0 Å². The van der Waals surface area contributed by atoms with Crippen LogP contribution in [0.2, 0.25) is 0 Å². The van der Waals surface area contributed by atoms with Crippen molar-refractivity contribution in [3.05, 3.63) is 58.9 Å². The van der Waals surface area contributed by atoms with E-state index in [1.54, 1.807) is 0 Å². The van der Waals surface area contributed by atoms with E-state index < -0.39 is 15.9 Å². The number of hydrogen-bond acceptors (Lipinski definition) is 4.